The fraction of sp³-hybridized carbons (Fsp3) is 0.632. The maximum Gasteiger partial charge on any atom is 0.238 e. The van der Waals surface area contributed by atoms with Gasteiger partial charge in [-0.25, -0.2) is 4.39 Å². The average molecular weight is 396 g/mol. The minimum atomic E-state index is -0.289. The molecule has 3 atom stereocenters. The van der Waals surface area contributed by atoms with Crippen molar-refractivity contribution in [3.8, 4) is 0 Å². The number of rotatable bonds is 4. The molecule has 142 valence electrons. The molecule has 1 amide bonds. The summed E-state index contributed by atoms with van der Waals surface area (Å²) < 4.78 is 12.9. The number of hydrogen-bond donors (Lipinski definition) is 1. The zero-order valence-corrected chi connectivity index (χ0v) is 16.5. The smallest absolute Gasteiger partial charge is 0.238 e. The van der Waals surface area contributed by atoms with Gasteiger partial charge in [0, 0.05) is 59.9 Å². The summed E-state index contributed by atoms with van der Waals surface area (Å²) in [7, 11) is 0. The summed E-state index contributed by atoms with van der Waals surface area (Å²) in [5.74, 6) is 2.30. The number of piperazine rings is 1. The SMILES string of the molecule is O=C(CN1CCN([C@@H]2CC[C@H]3SCCS[C@H]23)CC1)Nc1ccc(F)cc1. The number of carbonyl (C=O) groups is 1. The van der Waals surface area contributed by atoms with Crippen LogP contribution < -0.4 is 5.32 Å². The molecule has 3 fully saturated rings. The Balaban J connectivity index is 1.23. The zero-order valence-electron chi connectivity index (χ0n) is 14.9. The molecule has 4 rings (SSSR count). The number of amides is 1. The van der Waals surface area contributed by atoms with Gasteiger partial charge in [0.1, 0.15) is 5.82 Å². The van der Waals surface area contributed by atoms with Gasteiger partial charge in [-0.15, -0.1) is 0 Å². The van der Waals surface area contributed by atoms with Gasteiger partial charge in [0.2, 0.25) is 5.91 Å². The number of nitrogens with zero attached hydrogens (tertiary/aromatic N) is 2. The molecule has 7 heteroatoms. The molecule has 0 bridgehead atoms. The first-order valence-electron chi connectivity index (χ1n) is 9.44. The zero-order chi connectivity index (χ0) is 17.9. The molecule has 1 aromatic carbocycles. The van der Waals surface area contributed by atoms with E-state index in [4.69, 9.17) is 0 Å². The Hall–Kier alpha value is -0.760. The highest BCUT2D eigenvalue weighted by Gasteiger charge is 2.42. The van der Waals surface area contributed by atoms with Crippen LogP contribution in [0, 0.1) is 5.82 Å². The molecule has 2 saturated heterocycles. The molecule has 2 aliphatic heterocycles. The molecular weight excluding hydrogens is 369 g/mol. The Morgan fingerprint density at radius 1 is 1.08 bits per heavy atom. The average Bonchev–Trinajstić information content (AvgIpc) is 3.08. The van der Waals surface area contributed by atoms with Crippen LogP contribution in [-0.4, -0.2) is 76.5 Å². The maximum atomic E-state index is 12.9. The summed E-state index contributed by atoms with van der Waals surface area (Å²) in [5, 5.41) is 4.52. The van der Waals surface area contributed by atoms with Crippen LogP contribution in [0.15, 0.2) is 24.3 Å². The van der Waals surface area contributed by atoms with Crippen molar-refractivity contribution in [1.29, 1.82) is 0 Å². The number of anilines is 1. The summed E-state index contributed by atoms with van der Waals surface area (Å²) in [6.07, 6.45) is 2.70. The summed E-state index contributed by atoms with van der Waals surface area (Å²) in [6.45, 7) is 4.42. The van der Waals surface area contributed by atoms with Gasteiger partial charge < -0.3 is 5.32 Å². The van der Waals surface area contributed by atoms with Crippen LogP contribution in [0.3, 0.4) is 0 Å². The standard InChI is InChI=1S/C19H26FN3OS2/c20-14-1-3-15(4-2-14)21-18(24)13-22-7-9-23(10-8-22)16-5-6-17-19(16)26-12-11-25-17/h1-4,16-17,19H,5-13H2,(H,21,24)/t16-,17-,19-/m1/s1. The van der Waals surface area contributed by atoms with E-state index in [2.05, 4.69) is 38.6 Å². The number of benzene rings is 1. The lowest BCUT2D eigenvalue weighted by Crippen LogP contribution is -2.54. The number of thioether (sulfide) groups is 2. The van der Waals surface area contributed by atoms with Crippen LogP contribution in [0.2, 0.25) is 0 Å². The van der Waals surface area contributed by atoms with Gasteiger partial charge in [-0.1, -0.05) is 0 Å². The van der Waals surface area contributed by atoms with Crippen molar-refractivity contribution >= 4 is 35.1 Å². The van der Waals surface area contributed by atoms with E-state index in [9.17, 15) is 9.18 Å². The van der Waals surface area contributed by atoms with Crippen molar-refractivity contribution in [3.05, 3.63) is 30.1 Å². The van der Waals surface area contributed by atoms with E-state index in [0.29, 0.717) is 12.2 Å². The lowest BCUT2D eigenvalue weighted by atomic mass is 10.1. The molecule has 1 N–H and O–H groups in total. The summed E-state index contributed by atoms with van der Waals surface area (Å²) in [5.41, 5.74) is 0.652. The Bertz CT molecular complexity index is 622. The number of carbonyl (C=O) groups excluding carboxylic acids is 1. The second kappa shape index (κ2) is 8.50. The first-order valence-corrected chi connectivity index (χ1v) is 11.5. The molecule has 0 aromatic heterocycles. The van der Waals surface area contributed by atoms with E-state index in [-0.39, 0.29) is 11.7 Å². The highest BCUT2D eigenvalue weighted by molar-refractivity contribution is 8.07. The van der Waals surface area contributed by atoms with Gasteiger partial charge in [0.15, 0.2) is 0 Å². The molecular formula is C19H26FN3OS2. The highest BCUT2D eigenvalue weighted by atomic mass is 32.2. The molecule has 0 radical (unpaired) electrons. The van der Waals surface area contributed by atoms with E-state index in [1.165, 1.54) is 36.5 Å². The first kappa shape index (κ1) is 18.6. The minimum absolute atomic E-state index is 0.0229. The second-order valence-corrected chi connectivity index (χ2v) is 9.89. The lowest BCUT2D eigenvalue weighted by Gasteiger charge is -2.41. The Kier molecular flexibility index (Phi) is 6.08. The summed E-state index contributed by atoms with van der Waals surface area (Å²) in [4.78, 5) is 17.1. The van der Waals surface area contributed by atoms with Crippen molar-refractivity contribution in [3.63, 3.8) is 0 Å². The van der Waals surface area contributed by atoms with E-state index >= 15 is 0 Å². The molecule has 0 spiro atoms. The van der Waals surface area contributed by atoms with Crippen molar-refractivity contribution in [1.82, 2.24) is 9.80 Å². The van der Waals surface area contributed by atoms with Gasteiger partial charge >= 0.3 is 0 Å². The van der Waals surface area contributed by atoms with Crippen molar-refractivity contribution in [2.45, 2.75) is 29.4 Å². The van der Waals surface area contributed by atoms with Gasteiger partial charge in [0.05, 0.1) is 6.54 Å². The summed E-state index contributed by atoms with van der Waals surface area (Å²) in [6, 6.07) is 6.66. The van der Waals surface area contributed by atoms with E-state index in [1.54, 1.807) is 12.1 Å². The van der Waals surface area contributed by atoms with Crippen LogP contribution in [0.4, 0.5) is 10.1 Å². The van der Waals surface area contributed by atoms with E-state index in [0.717, 1.165) is 42.7 Å². The number of hydrogen-bond acceptors (Lipinski definition) is 5. The van der Waals surface area contributed by atoms with Crippen molar-refractivity contribution in [2.75, 3.05) is 49.5 Å². The van der Waals surface area contributed by atoms with E-state index < -0.39 is 0 Å². The van der Waals surface area contributed by atoms with Crippen LogP contribution in [0.5, 0.6) is 0 Å². The third-order valence-corrected chi connectivity index (χ3v) is 8.88. The van der Waals surface area contributed by atoms with Crippen LogP contribution in [0.1, 0.15) is 12.8 Å². The number of fused-ring (bicyclic) bond motifs is 1. The van der Waals surface area contributed by atoms with E-state index in [1.807, 2.05) is 0 Å². The molecule has 1 aliphatic carbocycles. The Morgan fingerprint density at radius 3 is 2.58 bits per heavy atom. The molecule has 2 heterocycles. The molecule has 3 aliphatic rings. The number of halogens is 1. The number of nitrogens with one attached hydrogen (secondary N) is 1. The van der Waals surface area contributed by atoms with Crippen molar-refractivity contribution < 1.29 is 9.18 Å². The quantitative estimate of drug-likeness (QED) is 0.848. The topological polar surface area (TPSA) is 35.6 Å². The minimum Gasteiger partial charge on any atom is -0.325 e. The molecule has 1 saturated carbocycles. The first-order chi connectivity index (χ1) is 12.7. The van der Waals surface area contributed by atoms with Gasteiger partial charge in [-0.05, 0) is 37.1 Å². The largest absolute Gasteiger partial charge is 0.325 e. The van der Waals surface area contributed by atoms with Crippen LogP contribution in [-0.2, 0) is 4.79 Å². The lowest BCUT2D eigenvalue weighted by molar-refractivity contribution is -0.117. The molecule has 1 aromatic rings. The highest BCUT2D eigenvalue weighted by Crippen LogP contribution is 2.44. The van der Waals surface area contributed by atoms with Gasteiger partial charge in [0.25, 0.3) is 0 Å². The Morgan fingerprint density at radius 2 is 1.81 bits per heavy atom. The molecule has 26 heavy (non-hydrogen) atoms. The predicted molar refractivity (Wildman–Crippen MR) is 109 cm³/mol. The fourth-order valence-corrected chi connectivity index (χ4v) is 7.64. The Labute approximate surface area is 163 Å². The van der Waals surface area contributed by atoms with Gasteiger partial charge in [-0.3, -0.25) is 14.6 Å². The van der Waals surface area contributed by atoms with Crippen LogP contribution in [0.25, 0.3) is 0 Å². The fourth-order valence-electron chi connectivity index (χ4n) is 4.27. The van der Waals surface area contributed by atoms with Gasteiger partial charge in [-0.2, -0.15) is 23.5 Å². The van der Waals surface area contributed by atoms with Crippen molar-refractivity contribution in [2.24, 2.45) is 0 Å². The second-order valence-electron chi connectivity index (χ2n) is 7.26. The molecule has 4 nitrogen and oxygen atoms in total. The third-order valence-electron chi connectivity index (χ3n) is 5.59. The normalized spacial score (nSPS) is 30.1. The monoisotopic (exact) mass is 395 g/mol. The molecule has 0 unspecified atom stereocenters. The maximum absolute atomic E-state index is 12.9. The van der Waals surface area contributed by atoms with Crippen LogP contribution >= 0.6 is 23.5 Å². The third kappa shape index (κ3) is 4.38. The predicted octanol–water partition coefficient (Wildman–Crippen LogP) is 2.76. The summed E-state index contributed by atoms with van der Waals surface area (Å²) >= 11 is 4.36.